The van der Waals surface area contributed by atoms with Crippen molar-refractivity contribution in [1.82, 2.24) is 9.88 Å². The lowest BCUT2D eigenvalue weighted by Gasteiger charge is -2.22. The highest BCUT2D eigenvalue weighted by Gasteiger charge is 2.08. The van der Waals surface area contributed by atoms with Gasteiger partial charge in [0.25, 0.3) is 0 Å². The van der Waals surface area contributed by atoms with Crippen LogP contribution in [-0.4, -0.2) is 27.9 Å². The highest BCUT2D eigenvalue weighted by Crippen LogP contribution is 2.11. The molecule has 1 aromatic carbocycles. The summed E-state index contributed by atoms with van der Waals surface area (Å²) in [5.41, 5.74) is 3.74. The molecular weight excluding hydrogens is 276 g/mol. The molecule has 0 aliphatic rings. The number of aromatic nitrogens is 1. The van der Waals surface area contributed by atoms with Crippen molar-refractivity contribution in [3.8, 4) is 0 Å². The molecule has 1 aromatic heterocycles. The summed E-state index contributed by atoms with van der Waals surface area (Å²) in [5, 5.41) is 0. The summed E-state index contributed by atoms with van der Waals surface area (Å²) >= 11 is 2.00. The average molecular weight is 300 g/mol. The van der Waals surface area contributed by atoms with Crippen molar-refractivity contribution in [2.24, 2.45) is 0 Å². The summed E-state index contributed by atoms with van der Waals surface area (Å²) in [6.07, 6.45) is 1.96. The summed E-state index contributed by atoms with van der Waals surface area (Å²) in [6.45, 7) is 7.30. The summed E-state index contributed by atoms with van der Waals surface area (Å²) in [6, 6.07) is 15.0. The molecule has 0 unspecified atom stereocenters. The predicted molar refractivity (Wildman–Crippen MR) is 92.5 cm³/mol. The van der Waals surface area contributed by atoms with Crippen LogP contribution in [0.2, 0.25) is 0 Å². The molecule has 0 saturated carbocycles. The maximum Gasteiger partial charge on any atom is 0.0544 e. The Hall–Kier alpha value is -1.32. The van der Waals surface area contributed by atoms with Crippen LogP contribution in [0.3, 0.4) is 0 Å². The van der Waals surface area contributed by atoms with Crippen molar-refractivity contribution in [2.75, 3.05) is 18.1 Å². The van der Waals surface area contributed by atoms with Gasteiger partial charge in [-0.1, -0.05) is 43.3 Å². The highest BCUT2D eigenvalue weighted by atomic mass is 32.2. The molecule has 0 fully saturated rings. The molecule has 2 rings (SSSR count). The van der Waals surface area contributed by atoms with E-state index in [4.69, 9.17) is 0 Å². The predicted octanol–water partition coefficient (Wildman–Crippen LogP) is 4.15. The van der Waals surface area contributed by atoms with Gasteiger partial charge >= 0.3 is 0 Å². The fraction of sp³-hybridized carbons (Fsp3) is 0.389. The van der Waals surface area contributed by atoms with E-state index in [1.165, 1.54) is 22.6 Å². The van der Waals surface area contributed by atoms with Crippen LogP contribution in [0.5, 0.6) is 0 Å². The van der Waals surface area contributed by atoms with Gasteiger partial charge in [-0.2, -0.15) is 11.8 Å². The highest BCUT2D eigenvalue weighted by molar-refractivity contribution is 7.99. The van der Waals surface area contributed by atoms with E-state index in [-0.39, 0.29) is 0 Å². The first kappa shape index (κ1) is 16.1. The third kappa shape index (κ3) is 5.90. The van der Waals surface area contributed by atoms with Gasteiger partial charge in [0, 0.05) is 31.6 Å². The first-order chi connectivity index (χ1) is 10.3. The third-order valence-electron chi connectivity index (χ3n) is 3.36. The largest absolute Gasteiger partial charge is 0.292 e. The fourth-order valence-electron chi connectivity index (χ4n) is 2.21. The van der Waals surface area contributed by atoms with Crippen LogP contribution in [0.4, 0.5) is 0 Å². The Morgan fingerprint density at radius 2 is 1.86 bits per heavy atom. The van der Waals surface area contributed by atoms with Gasteiger partial charge in [0.1, 0.15) is 0 Å². The first-order valence-electron chi connectivity index (χ1n) is 7.53. The lowest BCUT2D eigenvalue weighted by atomic mass is 10.2. The maximum atomic E-state index is 4.54. The molecule has 0 spiro atoms. The Kier molecular flexibility index (Phi) is 6.77. The Balaban J connectivity index is 1.99. The van der Waals surface area contributed by atoms with E-state index >= 15 is 0 Å². The smallest absolute Gasteiger partial charge is 0.0544 e. The molecule has 112 valence electrons. The summed E-state index contributed by atoms with van der Waals surface area (Å²) in [7, 11) is 0. The van der Waals surface area contributed by atoms with Crippen molar-refractivity contribution in [3.05, 3.63) is 65.5 Å². The van der Waals surface area contributed by atoms with Crippen molar-refractivity contribution in [3.63, 3.8) is 0 Å². The van der Waals surface area contributed by atoms with Crippen molar-refractivity contribution in [1.29, 1.82) is 0 Å². The number of rotatable bonds is 8. The van der Waals surface area contributed by atoms with Gasteiger partial charge in [0.2, 0.25) is 0 Å². The van der Waals surface area contributed by atoms with E-state index in [9.17, 15) is 0 Å². The zero-order valence-corrected chi connectivity index (χ0v) is 13.8. The van der Waals surface area contributed by atoms with E-state index in [0.717, 1.165) is 25.3 Å². The quantitative estimate of drug-likeness (QED) is 0.681. The molecule has 0 N–H and O–H groups in total. The van der Waals surface area contributed by atoms with Gasteiger partial charge in [0.05, 0.1) is 5.69 Å². The van der Waals surface area contributed by atoms with Gasteiger partial charge in [-0.15, -0.1) is 0 Å². The number of nitrogens with zero attached hydrogens (tertiary/aromatic N) is 2. The van der Waals surface area contributed by atoms with Gasteiger partial charge in [-0.25, -0.2) is 0 Å². The number of benzene rings is 1. The third-order valence-corrected chi connectivity index (χ3v) is 4.24. The van der Waals surface area contributed by atoms with E-state index in [2.05, 4.69) is 66.2 Å². The lowest BCUT2D eigenvalue weighted by Crippen LogP contribution is -2.26. The second-order valence-electron chi connectivity index (χ2n) is 5.22. The summed E-state index contributed by atoms with van der Waals surface area (Å²) < 4.78 is 0. The monoisotopic (exact) mass is 300 g/mol. The molecular formula is C18H24N2S. The van der Waals surface area contributed by atoms with Gasteiger partial charge < -0.3 is 0 Å². The molecule has 0 saturated heterocycles. The minimum Gasteiger partial charge on any atom is -0.292 e. The van der Waals surface area contributed by atoms with Crippen LogP contribution in [-0.2, 0) is 13.1 Å². The molecule has 0 aliphatic carbocycles. The van der Waals surface area contributed by atoms with Crippen LogP contribution in [0.1, 0.15) is 23.7 Å². The molecule has 0 amide bonds. The Labute approximate surface area is 132 Å². The SMILES string of the molecule is CCSCCN(Cc1ccccc1)Cc1ccc(C)cn1. The molecule has 0 atom stereocenters. The van der Waals surface area contributed by atoms with Gasteiger partial charge in [-0.3, -0.25) is 9.88 Å². The molecule has 0 radical (unpaired) electrons. The zero-order valence-electron chi connectivity index (χ0n) is 13.0. The van der Waals surface area contributed by atoms with Crippen molar-refractivity contribution >= 4 is 11.8 Å². The number of hydrogen-bond donors (Lipinski definition) is 0. The number of thioether (sulfide) groups is 1. The van der Waals surface area contributed by atoms with E-state index in [1.54, 1.807) is 0 Å². The Morgan fingerprint density at radius 3 is 2.52 bits per heavy atom. The fourth-order valence-corrected chi connectivity index (χ4v) is 2.89. The zero-order chi connectivity index (χ0) is 14.9. The summed E-state index contributed by atoms with van der Waals surface area (Å²) in [4.78, 5) is 7.02. The molecule has 21 heavy (non-hydrogen) atoms. The van der Waals surface area contributed by atoms with Gasteiger partial charge in [-0.05, 0) is 29.9 Å². The minimum atomic E-state index is 0.916. The van der Waals surface area contributed by atoms with Crippen LogP contribution >= 0.6 is 11.8 Å². The van der Waals surface area contributed by atoms with E-state index in [1.807, 2.05) is 18.0 Å². The number of aryl methyl sites for hydroxylation is 1. The molecule has 3 heteroatoms. The van der Waals surface area contributed by atoms with Gasteiger partial charge in [0.15, 0.2) is 0 Å². The van der Waals surface area contributed by atoms with Crippen molar-refractivity contribution < 1.29 is 0 Å². The van der Waals surface area contributed by atoms with Crippen LogP contribution in [0, 0.1) is 6.92 Å². The molecule has 0 bridgehead atoms. The number of pyridine rings is 1. The Morgan fingerprint density at radius 1 is 1.05 bits per heavy atom. The molecule has 2 aromatic rings. The molecule has 0 aliphatic heterocycles. The Bertz CT molecular complexity index is 511. The van der Waals surface area contributed by atoms with E-state index < -0.39 is 0 Å². The van der Waals surface area contributed by atoms with E-state index in [0.29, 0.717) is 0 Å². The topological polar surface area (TPSA) is 16.1 Å². The van der Waals surface area contributed by atoms with Crippen LogP contribution < -0.4 is 0 Å². The second-order valence-corrected chi connectivity index (χ2v) is 6.61. The van der Waals surface area contributed by atoms with Crippen LogP contribution in [0.25, 0.3) is 0 Å². The van der Waals surface area contributed by atoms with Crippen LogP contribution in [0.15, 0.2) is 48.7 Å². The standard InChI is InChI=1S/C18H24N2S/c1-3-21-12-11-20(14-17-7-5-4-6-8-17)15-18-10-9-16(2)13-19-18/h4-10,13H,3,11-12,14-15H2,1-2H3. The molecule has 2 nitrogen and oxygen atoms in total. The molecule has 1 heterocycles. The summed E-state index contributed by atoms with van der Waals surface area (Å²) in [5.74, 6) is 2.36. The number of hydrogen-bond acceptors (Lipinski definition) is 3. The minimum absolute atomic E-state index is 0.916. The normalized spacial score (nSPS) is 11.0. The lowest BCUT2D eigenvalue weighted by molar-refractivity contribution is 0.270. The first-order valence-corrected chi connectivity index (χ1v) is 8.69. The second kappa shape index (κ2) is 8.85. The van der Waals surface area contributed by atoms with Crippen molar-refractivity contribution in [2.45, 2.75) is 26.9 Å². The maximum absolute atomic E-state index is 4.54. The average Bonchev–Trinajstić information content (AvgIpc) is 2.51.